The molecule has 1 aromatic carbocycles. The Hall–Kier alpha value is -1.22. The minimum Gasteiger partial charge on any atom is -0.497 e. The van der Waals surface area contributed by atoms with E-state index in [0.29, 0.717) is 6.61 Å². The second-order valence-corrected chi connectivity index (χ2v) is 3.33. The van der Waals surface area contributed by atoms with E-state index >= 15 is 0 Å². The summed E-state index contributed by atoms with van der Waals surface area (Å²) in [6, 6.07) is 7.64. The molecule has 0 N–H and O–H groups in total. The van der Waals surface area contributed by atoms with Gasteiger partial charge in [0, 0.05) is 12.6 Å². The second kappa shape index (κ2) is 5.50. The molecular formula is C11H17NO2. The summed E-state index contributed by atoms with van der Waals surface area (Å²) in [5, 5.41) is 0. The Bertz CT molecular complexity index is 274. The van der Waals surface area contributed by atoms with Crippen molar-refractivity contribution in [3.63, 3.8) is 0 Å². The third-order valence-electron chi connectivity index (χ3n) is 1.85. The molecule has 0 atom stereocenters. The van der Waals surface area contributed by atoms with E-state index in [9.17, 15) is 0 Å². The molecule has 0 aromatic heterocycles. The summed E-state index contributed by atoms with van der Waals surface area (Å²) >= 11 is 0. The molecule has 1 rings (SSSR count). The van der Waals surface area contributed by atoms with Gasteiger partial charge >= 0.3 is 0 Å². The van der Waals surface area contributed by atoms with Crippen LogP contribution in [-0.4, -0.2) is 39.3 Å². The molecule has 0 aliphatic heterocycles. The number of likely N-dealkylation sites (N-methyl/N-ethyl adjacent to an activating group) is 1. The number of ether oxygens (including phenoxy) is 2. The van der Waals surface area contributed by atoms with Gasteiger partial charge < -0.3 is 14.4 Å². The average molecular weight is 195 g/mol. The van der Waals surface area contributed by atoms with Gasteiger partial charge in [-0.3, -0.25) is 0 Å². The monoisotopic (exact) mass is 195 g/mol. The third-order valence-corrected chi connectivity index (χ3v) is 1.85. The zero-order valence-corrected chi connectivity index (χ0v) is 8.99. The van der Waals surface area contributed by atoms with Gasteiger partial charge in [0.15, 0.2) is 0 Å². The number of rotatable bonds is 5. The second-order valence-electron chi connectivity index (χ2n) is 3.33. The summed E-state index contributed by atoms with van der Waals surface area (Å²) in [4.78, 5) is 2.08. The molecule has 14 heavy (non-hydrogen) atoms. The van der Waals surface area contributed by atoms with Gasteiger partial charge in [-0.2, -0.15) is 0 Å². The molecule has 0 aliphatic rings. The molecule has 0 bridgehead atoms. The van der Waals surface area contributed by atoms with Crippen molar-refractivity contribution in [3.05, 3.63) is 24.3 Å². The van der Waals surface area contributed by atoms with Gasteiger partial charge in [0.25, 0.3) is 0 Å². The first-order chi connectivity index (χ1) is 6.72. The smallest absolute Gasteiger partial charge is 0.123 e. The largest absolute Gasteiger partial charge is 0.497 e. The van der Waals surface area contributed by atoms with E-state index in [1.807, 2.05) is 38.4 Å². The highest BCUT2D eigenvalue weighted by molar-refractivity contribution is 5.32. The Labute approximate surface area is 85.2 Å². The van der Waals surface area contributed by atoms with E-state index < -0.39 is 0 Å². The highest BCUT2D eigenvalue weighted by Gasteiger charge is 1.96. The Morgan fingerprint density at radius 3 is 2.57 bits per heavy atom. The topological polar surface area (TPSA) is 21.7 Å². The van der Waals surface area contributed by atoms with Gasteiger partial charge in [-0.15, -0.1) is 0 Å². The molecule has 0 saturated heterocycles. The molecule has 0 aliphatic carbocycles. The van der Waals surface area contributed by atoms with Crippen molar-refractivity contribution in [2.45, 2.75) is 0 Å². The number of hydrogen-bond acceptors (Lipinski definition) is 3. The maximum absolute atomic E-state index is 5.54. The van der Waals surface area contributed by atoms with Gasteiger partial charge in [0.1, 0.15) is 18.1 Å². The van der Waals surface area contributed by atoms with Crippen LogP contribution >= 0.6 is 0 Å². The van der Waals surface area contributed by atoms with Crippen LogP contribution in [0.3, 0.4) is 0 Å². The van der Waals surface area contributed by atoms with Crippen LogP contribution in [0, 0.1) is 0 Å². The van der Waals surface area contributed by atoms with Crippen molar-refractivity contribution in [1.29, 1.82) is 0 Å². The normalized spacial score (nSPS) is 10.3. The molecule has 0 radical (unpaired) electrons. The predicted molar refractivity (Wildman–Crippen MR) is 57.0 cm³/mol. The molecule has 0 unspecified atom stereocenters. The number of hydrogen-bond donors (Lipinski definition) is 0. The lowest BCUT2D eigenvalue weighted by atomic mass is 10.3. The standard InChI is InChI=1S/C11H17NO2/c1-12(2)7-8-14-11-6-4-5-10(9-11)13-3/h4-6,9H,7-8H2,1-3H3. The molecule has 3 nitrogen and oxygen atoms in total. The van der Waals surface area contributed by atoms with Crippen molar-refractivity contribution in [3.8, 4) is 11.5 Å². The van der Waals surface area contributed by atoms with Crippen LogP contribution < -0.4 is 9.47 Å². The quantitative estimate of drug-likeness (QED) is 0.713. The Morgan fingerprint density at radius 1 is 1.21 bits per heavy atom. The van der Waals surface area contributed by atoms with E-state index in [2.05, 4.69) is 4.90 Å². The summed E-state index contributed by atoms with van der Waals surface area (Å²) in [5.74, 6) is 1.68. The fourth-order valence-electron chi connectivity index (χ4n) is 1.04. The third kappa shape index (κ3) is 3.66. The van der Waals surface area contributed by atoms with Crippen molar-refractivity contribution >= 4 is 0 Å². The SMILES string of the molecule is COc1cccc(OCCN(C)C)c1. The highest BCUT2D eigenvalue weighted by Crippen LogP contribution is 2.18. The van der Waals surface area contributed by atoms with Crippen LogP contribution in [0.1, 0.15) is 0 Å². The molecule has 78 valence electrons. The number of nitrogens with zero attached hydrogens (tertiary/aromatic N) is 1. The van der Waals surface area contributed by atoms with Crippen LogP contribution in [0.2, 0.25) is 0 Å². The molecule has 0 saturated carbocycles. The molecule has 0 amide bonds. The van der Waals surface area contributed by atoms with Crippen LogP contribution in [0.25, 0.3) is 0 Å². The summed E-state index contributed by atoms with van der Waals surface area (Å²) < 4.78 is 10.6. The van der Waals surface area contributed by atoms with Crippen molar-refractivity contribution in [2.75, 3.05) is 34.4 Å². The number of methoxy groups -OCH3 is 1. The molecule has 0 fully saturated rings. The Morgan fingerprint density at radius 2 is 1.93 bits per heavy atom. The highest BCUT2D eigenvalue weighted by atomic mass is 16.5. The van der Waals surface area contributed by atoms with E-state index in [-0.39, 0.29) is 0 Å². The van der Waals surface area contributed by atoms with E-state index in [4.69, 9.17) is 9.47 Å². The maximum Gasteiger partial charge on any atom is 0.123 e. The number of benzene rings is 1. The van der Waals surface area contributed by atoms with Crippen molar-refractivity contribution in [1.82, 2.24) is 4.90 Å². The first-order valence-electron chi connectivity index (χ1n) is 4.64. The van der Waals surface area contributed by atoms with E-state index in [0.717, 1.165) is 18.0 Å². The van der Waals surface area contributed by atoms with Crippen LogP contribution in [-0.2, 0) is 0 Å². The first kappa shape index (κ1) is 10.9. The van der Waals surface area contributed by atoms with E-state index in [1.54, 1.807) is 7.11 Å². The maximum atomic E-state index is 5.54. The molecule has 0 heterocycles. The first-order valence-corrected chi connectivity index (χ1v) is 4.64. The molecule has 3 heteroatoms. The fraction of sp³-hybridized carbons (Fsp3) is 0.455. The summed E-state index contributed by atoms with van der Waals surface area (Å²) in [6.07, 6.45) is 0. The minimum atomic E-state index is 0.695. The Balaban J connectivity index is 2.42. The zero-order valence-electron chi connectivity index (χ0n) is 8.99. The summed E-state index contributed by atoms with van der Waals surface area (Å²) in [7, 11) is 5.70. The van der Waals surface area contributed by atoms with Crippen molar-refractivity contribution in [2.24, 2.45) is 0 Å². The summed E-state index contributed by atoms with van der Waals surface area (Å²) in [6.45, 7) is 1.61. The summed E-state index contributed by atoms with van der Waals surface area (Å²) in [5.41, 5.74) is 0. The molecule has 1 aromatic rings. The lowest BCUT2D eigenvalue weighted by Gasteiger charge is -2.11. The van der Waals surface area contributed by atoms with Crippen molar-refractivity contribution < 1.29 is 9.47 Å². The van der Waals surface area contributed by atoms with Gasteiger partial charge in [-0.25, -0.2) is 0 Å². The average Bonchev–Trinajstić information content (AvgIpc) is 2.18. The minimum absolute atomic E-state index is 0.695. The van der Waals surface area contributed by atoms with Crippen LogP contribution in [0.4, 0.5) is 0 Å². The fourth-order valence-corrected chi connectivity index (χ4v) is 1.04. The molecule has 0 spiro atoms. The Kier molecular flexibility index (Phi) is 4.26. The predicted octanol–water partition coefficient (Wildman–Crippen LogP) is 1.64. The van der Waals surface area contributed by atoms with Gasteiger partial charge in [0.2, 0.25) is 0 Å². The van der Waals surface area contributed by atoms with Gasteiger partial charge in [-0.05, 0) is 26.2 Å². The van der Waals surface area contributed by atoms with Crippen LogP contribution in [0.5, 0.6) is 11.5 Å². The van der Waals surface area contributed by atoms with Gasteiger partial charge in [-0.1, -0.05) is 6.07 Å². The van der Waals surface area contributed by atoms with E-state index in [1.165, 1.54) is 0 Å². The van der Waals surface area contributed by atoms with Crippen LogP contribution in [0.15, 0.2) is 24.3 Å². The molecular weight excluding hydrogens is 178 g/mol. The zero-order chi connectivity index (χ0) is 10.4. The lowest BCUT2D eigenvalue weighted by molar-refractivity contribution is 0.260. The van der Waals surface area contributed by atoms with Gasteiger partial charge in [0.05, 0.1) is 7.11 Å². The lowest BCUT2D eigenvalue weighted by Crippen LogP contribution is -2.19.